The number of carbonyl (C=O) groups excluding carboxylic acids is 1. The first-order valence-corrected chi connectivity index (χ1v) is 11.8. The molecule has 150 valence electrons. The maximum atomic E-state index is 13.3. The monoisotopic (exact) mass is 400 g/mol. The van der Waals surface area contributed by atoms with Gasteiger partial charge in [-0.2, -0.15) is 4.31 Å². The lowest BCUT2D eigenvalue weighted by Crippen LogP contribution is -2.50. The van der Waals surface area contributed by atoms with E-state index in [9.17, 15) is 13.2 Å². The highest BCUT2D eigenvalue weighted by Crippen LogP contribution is 2.28. The Morgan fingerprint density at radius 3 is 2.50 bits per heavy atom. The number of benzene rings is 2. The van der Waals surface area contributed by atoms with Gasteiger partial charge in [-0.3, -0.25) is 4.79 Å². The van der Waals surface area contributed by atoms with E-state index in [2.05, 4.69) is 5.32 Å². The minimum Gasteiger partial charge on any atom is -0.352 e. The maximum absolute atomic E-state index is 13.3. The second-order valence-corrected chi connectivity index (χ2v) is 9.93. The van der Waals surface area contributed by atoms with E-state index >= 15 is 0 Å². The number of piperidine rings is 1. The molecule has 1 N–H and O–H groups in total. The Labute approximate surface area is 167 Å². The first-order chi connectivity index (χ1) is 13.6. The van der Waals surface area contributed by atoms with Crippen LogP contribution in [-0.2, 0) is 14.8 Å². The Morgan fingerprint density at radius 2 is 1.68 bits per heavy atom. The summed E-state index contributed by atoms with van der Waals surface area (Å²) in [5.41, 5.74) is 0. The summed E-state index contributed by atoms with van der Waals surface area (Å²) in [7, 11) is -3.60. The van der Waals surface area contributed by atoms with Gasteiger partial charge < -0.3 is 5.32 Å². The molecule has 1 saturated heterocycles. The quantitative estimate of drug-likeness (QED) is 0.851. The van der Waals surface area contributed by atoms with Gasteiger partial charge in [-0.05, 0) is 37.1 Å². The van der Waals surface area contributed by atoms with Crippen LogP contribution < -0.4 is 5.32 Å². The minimum atomic E-state index is -3.60. The Morgan fingerprint density at radius 1 is 0.929 bits per heavy atom. The van der Waals surface area contributed by atoms with Gasteiger partial charge in [0, 0.05) is 30.4 Å². The van der Waals surface area contributed by atoms with Gasteiger partial charge in [-0.25, -0.2) is 8.42 Å². The molecule has 0 aromatic heterocycles. The van der Waals surface area contributed by atoms with E-state index in [0.717, 1.165) is 49.3 Å². The zero-order valence-electron chi connectivity index (χ0n) is 16.1. The molecule has 6 heteroatoms. The molecular weight excluding hydrogens is 372 g/mol. The van der Waals surface area contributed by atoms with Crippen molar-refractivity contribution in [1.82, 2.24) is 9.62 Å². The fraction of sp³-hybridized carbons (Fsp3) is 0.500. The third-order valence-corrected chi connectivity index (χ3v) is 8.00. The van der Waals surface area contributed by atoms with Crippen molar-refractivity contribution >= 4 is 26.7 Å². The lowest BCUT2D eigenvalue weighted by molar-refractivity contribution is -0.126. The lowest BCUT2D eigenvalue weighted by atomic mass is 9.88. The topological polar surface area (TPSA) is 66.5 Å². The highest BCUT2D eigenvalue weighted by atomic mass is 32.2. The van der Waals surface area contributed by atoms with E-state index < -0.39 is 10.0 Å². The van der Waals surface area contributed by atoms with Crippen molar-refractivity contribution in [3.05, 3.63) is 42.5 Å². The summed E-state index contributed by atoms with van der Waals surface area (Å²) in [6.45, 7) is 0.853. The van der Waals surface area contributed by atoms with Crippen LogP contribution in [-0.4, -0.2) is 37.8 Å². The summed E-state index contributed by atoms with van der Waals surface area (Å²) in [6.07, 6.45) is 6.95. The standard InChI is InChI=1S/C22H28N2O3S/c25-22(18-9-2-1-3-10-18)23-19-12-7-15-24(16-19)28(26,27)21-14-6-11-17-8-4-5-13-20(17)21/h4-6,8,11,13-14,18-19H,1-3,7,9-10,12,15-16H2,(H,23,25). The molecular formula is C22H28N2O3S. The first-order valence-electron chi connectivity index (χ1n) is 10.3. The molecule has 1 atom stereocenters. The molecule has 0 spiro atoms. The van der Waals surface area contributed by atoms with Crippen molar-refractivity contribution in [2.24, 2.45) is 5.92 Å². The van der Waals surface area contributed by atoms with E-state index in [1.807, 2.05) is 30.3 Å². The fourth-order valence-electron chi connectivity index (χ4n) is 4.52. The second-order valence-electron chi connectivity index (χ2n) is 8.02. The summed E-state index contributed by atoms with van der Waals surface area (Å²) in [6, 6.07) is 12.9. The summed E-state index contributed by atoms with van der Waals surface area (Å²) in [5.74, 6) is 0.202. The number of nitrogens with zero attached hydrogens (tertiary/aromatic N) is 1. The van der Waals surface area contributed by atoms with Crippen LogP contribution >= 0.6 is 0 Å². The van der Waals surface area contributed by atoms with Crippen LogP contribution in [0.15, 0.2) is 47.4 Å². The Kier molecular flexibility index (Phi) is 5.69. The largest absolute Gasteiger partial charge is 0.352 e. The molecule has 1 amide bonds. The first kappa shape index (κ1) is 19.4. The molecule has 2 aliphatic rings. The van der Waals surface area contributed by atoms with Crippen LogP contribution in [0.5, 0.6) is 0 Å². The van der Waals surface area contributed by atoms with Gasteiger partial charge >= 0.3 is 0 Å². The molecule has 0 bridgehead atoms. The van der Waals surface area contributed by atoms with Gasteiger partial charge in [0.15, 0.2) is 0 Å². The van der Waals surface area contributed by atoms with Crippen molar-refractivity contribution in [2.75, 3.05) is 13.1 Å². The normalized spacial score (nSPS) is 22.2. The summed E-state index contributed by atoms with van der Waals surface area (Å²) in [5, 5.41) is 4.80. The van der Waals surface area contributed by atoms with Gasteiger partial charge in [-0.1, -0.05) is 55.7 Å². The van der Waals surface area contributed by atoms with Gasteiger partial charge in [0.05, 0.1) is 4.90 Å². The number of amides is 1. The number of hydrogen-bond acceptors (Lipinski definition) is 3. The average Bonchev–Trinajstić information content (AvgIpc) is 2.74. The van der Waals surface area contributed by atoms with Crippen molar-refractivity contribution in [3.8, 4) is 0 Å². The number of sulfonamides is 1. The van der Waals surface area contributed by atoms with E-state index in [1.54, 1.807) is 16.4 Å². The third-order valence-electron chi connectivity index (χ3n) is 6.07. The minimum absolute atomic E-state index is 0.0961. The van der Waals surface area contributed by atoms with Crippen LogP contribution in [0.25, 0.3) is 10.8 Å². The SMILES string of the molecule is O=C(NC1CCCN(S(=O)(=O)c2cccc3ccccc23)C1)C1CCCCC1. The van der Waals surface area contributed by atoms with E-state index in [0.29, 0.717) is 18.0 Å². The van der Waals surface area contributed by atoms with Crippen LogP contribution in [0, 0.1) is 5.92 Å². The van der Waals surface area contributed by atoms with Gasteiger partial charge in [-0.15, -0.1) is 0 Å². The number of nitrogens with one attached hydrogen (secondary N) is 1. The molecule has 1 aliphatic heterocycles. The Balaban J connectivity index is 1.51. The Bertz CT molecular complexity index is 946. The molecule has 1 heterocycles. The molecule has 2 fully saturated rings. The van der Waals surface area contributed by atoms with Crippen molar-refractivity contribution in [2.45, 2.75) is 55.9 Å². The highest BCUT2D eigenvalue weighted by Gasteiger charge is 2.33. The molecule has 5 nitrogen and oxygen atoms in total. The second kappa shape index (κ2) is 8.21. The predicted octanol–water partition coefficient (Wildman–Crippen LogP) is 3.69. The lowest BCUT2D eigenvalue weighted by Gasteiger charge is -2.33. The number of hydrogen-bond donors (Lipinski definition) is 1. The molecule has 2 aromatic rings. The zero-order chi connectivity index (χ0) is 19.6. The van der Waals surface area contributed by atoms with Gasteiger partial charge in [0.25, 0.3) is 0 Å². The Hall–Kier alpha value is -1.92. The fourth-order valence-corrected chi connectivity index (χ4v) is 6.26. The van der Waals surface area contributed by atoms with Gasteiger partial charge in [0.2, 0.25) is 15.9 Å². The number of rotatable bonds is 4. The van der Waals surface area contributed by atoms with E-state index in [1.165, 1.54) is 6.42 Å². The van der Waals surface area contributed by atoms with Crippen molar-refractivity contribution in [3.63, 3.8) is 0 Å². The van der Waals surface area contributed by atoms with Crippen LogP contribution in [0.2, 0.25) is 0 Å². The van der Waals surface area contributed by atoms with Crippen molar-refractivity contribution < 1.29 is 13.2 Å². The summed E-state index contributed by atoms with van der Waals surface area (Å²) < 4.78 is 28.2. The summed E-state index contributed by atoms with van der Waals surface area (Å²) >= 11 is 0. The molecule has 28 heavy (non-hydrogen) atoms. The third kappa shape index (κ3) is 3.94. The maximum Gasteiger partial charge on any atom is 0.243 e. The smallest absolute Gasteiger partial charge is 0.243 e. The summed E-state index contributed by atoms with van der Waals surface area (Å²) in [4.78, 5) is 12.9. The average molecular weight is 401 g/mol. The van der Waals surface area contributed by atoms with E-state index in [-0.39, 0.29) is 17.9 Å². The van der Waals surface area contributed by atoms with Crippen LogP contribution in [0.1, 0.15) is 44.9 Å². The number of fused-ring (bicyclic) bond motifs is 1. The predicted molar refractivity (Wildman–Crippen MR) is 110 cm³/mol. The van der Waals surface area contributed by atoms with Gasteiger partial charge in [0.1, 0.15) is 0 Å². The van der Waals surface area contributed by atoms with E-state index in [4.69, 9.17) is 0 Å². The highest BCUT2D eigenvalue weighted by molar-refractivity contribution is 7.89. The molecule has 4 rings (SSSR count). The van der Waals surface area contributed by atoms with Crippen molar-refractivity contribution in [1.29, 1.82) is 0 Å². The van der Waals surface area contributed by atoms with Crippen LogP contribution in [0.4, 0.5) is 0 Å². The number of carbonyl (C=O) groups is 1. The molecule has 2 aromatic carbocycles. The van der Waals surface area contributed by atoms with Crippen LogP contribution in [0.3, 0.4) is 0 Å². The molecule has 1 saturated carbocycles. The molecule has 1 aliphatic carbocycles. The zero-order valence-corrected chi connectivity index (χ0v) is 17.0. The molecule has 0 radical (unpaired) electrons. The molecule has 1 unspecified atom stereocenters.